The minimum absolute atomic E-state index is 0.295. The zero-order valence-corrected chi connectivity index (χ0v) is 12.0. The number of rotatable bonds is 4. The van der Waals surface area contributed by atoms with Gasteiger partial charge in [-0.1, -0.05) is 47.6 Å². The monoisotopic (exact) mass is 280 g/mol. The van der Waals surface area contributed by atoms with Crippen molar-refractivity contribution in [1.82, 2.24) is 10.1 Å². The first-order valence-corrected chi connectivity index (χ1v) is 6.85. The van der Waals surface area contributed by atoms with E-state index in [2.05, 4.69) is 10.1 Å². The highest BCUT2D eigenvalue weighted by Crippen LogP contribution is 2.23. The van der Waals surface area contributed by atoms with Crippen molar-refractivity contribution in [3.63, 3.8) is 0 Å². The number of hydrogen-bond acceptors (Lipinski definition) is 4. The zero-order valence-electron chi connectivity index (χ0n) is 12.0. The summed E-state index contributed by atoms with van der Waals surface area (Å²) in [6, 6.07) is 17.6. The number of nitrogens with zero attached hydrogens (tertiary/aromatic N) is 2. The first kappa shape index (κ1) is 13.4. The molecule has 0 fully saturated rings. The molecule has 3 rings (SSSR count). The summed E-state index contributed by atoms with van der Waals surface area (Å²) in [5, 5.41) is 4.00. The lowest BCUT2D eigenvalue weighted by molar-refractivity contribution is 0.175. The molecule has 0 N–H and O–H groups in total. The molecular weight excluding hydrogens is 264 g/mol. The van der Waals surface area contributed by atoms with Gasteiger partial charge in [0.25, 0.3) is 5.89 Å². The van der Waals surface area contributed by atoms with E-state index in [1.165, 1.54) is 0 Å². The highest BCUT2D eigenvalue weighted by molar-refractivity contribution is 5.53. The lowest BCUT2D eigenvalue weighted by Crippen LogP contribution is -2.03. The number of aromatic nitrogens is 2. The van der Waals surface area contributed by atoms with Crippen molar-refractivity contribution in [3.05, 3.63) is 66.1 Å². The van der Waals surface area contributed by atoms with Crippen LogP contribution in [-0.2, 0) is 0 Å². The van der Waals surface area contributed by atoms with Crippen LogP contribution in [-0.4, -0.2) is 10.1 Å². The van der Waals surface area contributed by atoms with Gasteiger partial charge in [-0.15, -0.1) is 0 Å². The Morgan fingerprint density at radius 2 is 1.86 bits per heavy atom. The van der Waals surface area contributed by atoms with E-state index in [0.29, 0.717) is 11.7 Å². The van der Waals surface area contributed by atoms with Gasteiger partial charge >= 0.3 is 0 Å². The van der Waals surface area contributed by atoms with Crippen molar-refractivity contribution >= 4 is 0 Å². The van der Waals surface area contributed by atoms with Gasteiger partial charge in [-0.2, -0.15) is 4.98 Å². The summed E-state index contributed by atoms with van der Waals surface area (Å²) in [7, 11) is 0. The number of ether oxygens (including phenoxy) is 1. The van der Waals surface area contributed by atoms with E-state index in [1.54, 1.807) is 0 Å². The van der Waals surface area contributed by atoms with Crippen LogP contribution in [0.4, 0.5) is 0 Å². The number of hydrogen-bond donors (Lipinski definition) is 0. The second-order valence-electron chi connectivity index (χ2n) is 4.90. The molecule has 0 amide bonds. The van der Waals surface area contributed by atoms with Gasteiger partial charge in [-0.25, -0.2) is 0 Å². The molecule has 106 valence electrons. The molecule has 4 heteroatoms. The Morgan fingerprint density at radius 3 is 2.62 bits per heavy atom. The summed E-state index contributed by atoms with van der Waals surface area (Å²) in [6.45, 7) is 3.92. The van der Waals surface area contributed by atoms with Crippen LogP contribution in [0.25, 0.3) is 11.4 Å². The molecule has 4 nitrogen and oxygen atoms in total. The maximum absolute atomic E-state index is 5.83. The molecule has 0 aliphatic heterocycles. The van der Waals surface area contributed by atoms with Crippen LogP contribution in [0, 0.1) is 6.92 Å². The Bertz CT molecular complexity index is 722. The Balaban J connectivity index is 1.77. The molecule has 0 unspecified atom stereocenters. The minimum atomic E-state index is -0.295. The quantitative estimate of drug-likeness (QED) is 0.719. The average molecular weight is 280 g/mol. The topological polar surface area (TPSA) is 48.2 Å². The molecule has 0 radical (unpaired) electrons. The van der Waals surface area contributed by atoms with Gasteiger partial charge in [0.15, 0.2) is 6.10 Å². The third-order valence-corrected chi connectivity index (χ3v) is 3.12. The van der Waals surface area contributed by atoms with Gasteiger partial charge in [0, 0.05) is 5.56 Å². The van der Waals surface area contributed by atoms with Gasteiger partial charge in [0.1, 0.15) is 5.75 Å². The highest BCUT2D eigenvalue weighted by atomic mass is 16.5. The molecule has 0 saturated heterocycles. The fraction of sp³-hybridized carbons (Fsp3) is 0.176. The number of benzene rings is 2. The summed E-state index contributed by atoms with van der Waals surface area (Å²) in [4.78, 5) is 4.40. The van der Waals surface area contributed by atoms with Crippen LogP contribution in [0.3, 0.4) is 0 Å². The summed E-state index contributed by atoms with van der Waals surface area (Å²) in [5.74, 6) is 1.84. The predicted octanol–water partition coefficient (Wildman–Crippen LogP) is 4.19. The standard InChI is InChI=1S/C17H16N2O2/c1-12-7-6-10-15(11-12)20-13(2)17-18-16(19-21-17)14-8-4-3-5-9-14/h3-11,13H,1-2H3/t13-/m1/s1. The Morgan fingerprint density at radius 1 is 1.05 bits per heavy atom. The van der Waals surface area contributed by atoms with Crippen LogP contribution < -0.4 is 4.74 Å². The zero-order chi connectivity index (χ0) is 14.7. The van der Waals surface area contributed by atoms with Crippen molar-refractivity contribution in [1.29, 1.82) is 0 Å². The summed E-state index contributed by atoms with van der Waals surface area (Å²) in [5.41, 5.74) is 2.07. The van der Waals surface area contributed by atoms with E-state index in [1.807, 2.05) is 68.4 Å². The summed E-state index contributed by atoms with van der Waals surface area (Å²) in [6.07, 6.45) is -0.295. The van der Waals surface area contributed by atoms with Crippen LogP contribution >= 0.6 is 0 Å². The summed E-state index contributed by atoms with van der Waals surface area (Å²) < 4.78 is 11.1. The van der Waals surface area contributed by atoms with Crippen molar-refractivity contribution in [3.8, 4) is 17.1 Å². The molecule has 21 heavy (non-hydrogen) atoms. The maximum atomic E-state index is 5.83. The highest BCUT2D eigenvalue weighted by Gasteiger charge is 2.16. The molecule has 0 aliphatic carbocycles. The van der Waals surface area contributed by atoms with E-state index >= 15 is 0 Å². The average Bonchev–Trinajstić information content (AvgIpc) is 2.98. The van der Waals surface area contributed by atoms with E-state index in [0.717, 1.165) is 16.9 Å². The summed E-state index contributed by atoms with van der Waals surface area (Å²) >= 11 is 0. The van der Waals surface area contributed by atoms with Crippen molar-refractivity contribution in [2.45, 2.75) is 20.0 Å². The molecule has 0 bridgehead atoms. The molecule has 0 spiro atoms. The Hall–Kier alpha value is -2.62. The van der Waals surface area contributed by atoms with Crippen molar-refractivity contribution in [2.75, 3.05) is 0 Å². The van der Waals surface area contributed by atoms with Gasteiger partial charge in [-0.3, -0.25) is 0 Å². The van der Waals surface area contributed by atoms with E-state index < -0.39 is 0 Å². The SMILES string of the molecule is Cc1cccc(O[C@H](C)c2nc(-c3ccccc3)no2)c1. The molecular formula is C17H16N2O2. The molecule has 2 aromatic carbocycles. The van der Waals surface area contributed by atoms with Gasteiger partial charge in [0.2, 0.25) is 5.82 Å². The molecule has 1 atom stereocenters. The van der Waals surface area contributed by atoms with Crippen LogP contribution in [0.5, 0.6) is 5.75 Å². The third kappa shape index (κ3) is 3.11. The molecule has 0 aliphatic rings. The molecule has 0 saturated carbocycles. The van der Waals surface area contributed by atoms with Gasteiger partial charge in [0.05, 0.1) is 0 Å². The minimum Gasteiger partial charge on any atom is -0.481 e. The lowest BCUT2D eigenvalue weighted by atomic mass is 10.2. The van der Waals surface area contributed by atoms with Crippen LogP contribution in [0.1, 0.15) is 24.5 Å². The second kappa shape index (κ2) is 5.79. The number of aryl methyl sites for hydroxylation is 1. The van der Waals surface area contributed by atoms with E-state index in [4.69, 9.17) is 9.26 Å². The van der Waals surface area contributed by atoms with Gasteiger partial charge < -0.3 is 9.26 Å². The fourth-order valence-corrected chi connectivity index (χ4v) is 2.05. The smallest absolute Gasteiger partial charge is 0.267 e. The van der Waals surface area contributed by atoms with E-state index in [-0.39, 0.29) is 6.10 Å². The largest absolute Gasteiger partial charge is 0.481 e. The van der Waals surface area contributed by atoms with Crippen LogP contribution in [0.15, 0.2) is 59.1 Å². The van der Waals surface area contributed by atoms with Crippen molar-refractivity contribution < 1.29 is 9.26 Å². The molecule has 3 aromatic rings. The lowest BCUT2D eigenvalue weighted by Gasteiger charge is -2.10. The predicted molar refractivity (Wildman–Crippen MR) is 80.0 cm³/mol. The molecule has 1 aromatic heterocycles. The normalized spacial score (nSPS) is 12.1. The third-order valence-electron chi connectivity index (χ3n) is 3.12. The first-order chi connectivity index (χ1) is 10.2. The van der Waals surface area contributed by atoms with Crippen LogP contribution in [0.2, 0.25) is 0 Å². The first-order valence-electron chi connectivity index (χ1n) is 6.85. The maximum Gasteiger partial charge on any atom is 0.267 e. The van der Waals surface area contributed by atoms with E-state index in [9.17, 15) is 0 Å². The van der Waals surface area contributed by atoms with Gasteiger partial charge in [-0.05, 0) is 31.5 Å². The van der Waals surface area contributed by atoms with Crippen molar-refractivity contribution in [2.24, 2.45) is 0 Å². The fourth-order valence-electron chi connectivity index (χ4n) is 2.05. The molecule has 1 heterocycles. The Labute approximate surface area is 123 Å². The Kier molecular flexibility index (Phi) is 3.69. The second-order valence-corrected chi connectivity index (χ2v) is 4.90.